The van der Waals surface area contributed by atoms with Gasteiger partial charge in [-0.2, -0.15) is 19.2 Å². The first-order valence-corrected chi connectivity index (χ1v) is 12.2. The zero-order chi connectivity index (χ0) is 26.4. The molecule has 3 aromatic heterocycles. The SMILES string of the molecule is Cc1nn(-c2ccc3nnc(C)n3n2)c(C)c1CCC(=O)N1CCN(Cc2ccccc2)CC1.O=C=O. The maximum atomic E-state index is 12.9. The number of carbonyl (C=O) groups is 1. The number of fused-ring (bicyclic) bond motifs is 1. The third kappa shape index (κ3) is 5.96. The van der Waals surface area contributed by atoms with Gasteiger partial charge in [0.2, 0.25) is 5.91 Å². The number of piperazine rings is 1. The van der Waals surface area contributed by atoms with E-state index in [1.54, 1.807) is 4.52 Å². The summed E-state index contributed by atoms with van der Waals surface area (Å²) >= 11 is 0. The fraction of sp³-hybridized carbons (Fsp3) is 0.385. The van der Waals surface area contributed by atoms with Gasteiger partial charge in [-0.15, -0.1) is 15.3 Å². The maximum Gasteiger partial charge on any atom is 0.373 e. The Kier molecular flexibility index (Phi) is 8.17. The zero-order valence-corrected chi connectivity index (χ0v) is 21.3. The number of benzene rings is 1. The van der Waals surface area contributed by atoms with E-state index >= 15 is 0 Å². The second kappa shape index (κ2) is 11.7. The molecule has 0 radical (unpaired) electrons. The molecule has 1 aromatic carbocycles. The molecule has 1 aliphatic heterocycles. The third-order valence-corrected chi connectivity index (χ3v) is 6.63. The van der Waals surface area contributed by atoms with Crippen molar-refractivity contribution in [1.29, 1.82) is 0 Å². The van der Waals surface area contributed by atoms with Crippen molar-refractivity contribution in [3.63, 3.8) is 0 Å². The molecule has 4 heterocycles. The number of rotatable bonds is 6. The summed E-state index contributed by atoms with van der Waals surface area (Å²) in [5.41, 5.74) is 5.07. The van der Waals surface area contributed by atoms with Gasteiger partial charge < -0.3 is 4.90 Å². The zero-order valence-electron chi connectivity index (χ0n) is 21.3. The fourth-order valence-electron chi connectivity index (χ4n) is 4.65. The molecule has 0 aliphatic carbocycles. The molecule has 4 aromatic rings. The largest absolute Gasteiger partial charge is 0.373 e. The topological polar surface area (TPSA) is 119 Å². The van der Waals surface area contributed by atoms with Crippen LogP contribution in [0.5, 0.6) is 0 Å². The second-order valence-electron chi connectivity index (χ2n) is 9.00. The van der Waals surface area contributed by atoms with Crippen LogP contribution in [0.2, 0.25) is 0 Å². The van der Waals surface area contributed by atoms with Crippen molar-refractivity contribution in [2.75, 3.05) is 26.2 Å². The van der Waals surface area contributed by atoms with E-state index in [0.29, 0.717) is 24.3 Å². The summed E-state index contributed by atoms with van der Waals surface area (Å²) < 4.78 is 3.56. The van der Waals surface area contributed by atoms with Crippen LogP contribution in [0.1, 0.15) is 34.8 Å². The van der Waals surface area contributed by atoms with Crippen LogP contribution in [0.4, 0.5) is 0 Å². The molecular formula is C26H30N8O3. The summed E-state index contributed by atoms with van der Waals surface area (Å²) in [7, 11) is 0. The van der Waals surface area contributed by atoms with E-state index in [-0.39, 0.29) is 12.1 Å². The predicted molar refractivity (Wildman–Crippen MR) is 134 cm³/mol. The van der Waals surface area contributed by atoms with Gasteiger partial charge in [0, 0.05) is 44.8 Å². The average Bonchev–Trinajstić information content (AvgIpc) is 3.42. The summed E-state index contributed by atoms with van der Waals surface area (Å²) in [5, 5.41) is 17.5. The van der Waals surface area contributed by atoms with Crippen LogP contribution in [0, 0.1) is 20.8 Å². The average molecular weight is 503 g/mol. The molecule has 37 heavy (non-hydrogen) atoms. The minimum Gasteiger partial charge on any atom is -0.340 e. The Bertz CT molecular complexity index is 1400. The molecular weight excluding hydrogens is 472 g/mol. The Morgan fingerprint density at radius 3 is 2.32 bits per heavy atom. The van der Waals surface area contributed by atoms with E-state index < -0.39 is 0 Å². The molecule has 0 atom stereocenters. The summed E-state index contributed by atoms with van der Waals surface area (Å²) in [6, 6.07) is 14.3. The van der Waals surface area contributed by atoms with Crippen molar-refractivity contribution in [1.82, 2.24) is 39.4 Å². The first-order valence-electron chi connectivity index (χ1n) is 12.2. The summed E-state index contributed by atoms with van der Waals surface area (Å²) in [6.45, 7) is 10.2. The molecule has 1 amide bonds. The van der Waals surface area contributed by atoms with Gasteiger partial charge in [-0.05, 0) is 50.5 Å². The lowest BCUT2D eigenvalue weighted by molar-refractivity contribution is -0.191. The molecule has 0 saturated carbocycles. The number of nitrogens with zero attached hydrogens (tertiary/aromatic N) is 8. The Hall–Kier alpha value is -4.21. The van der Waals surface area contributed by atoms with Crippen molar-refractivity contribution < 1.29 is 14.4 Å². The van der Waals surface area contributed by atoms with Crippen LogP contribution in [0.3, 0.4) is 0 Å². The number of carbonyl (C=O) groups excluding carboxylic acids is 3. The monoisotopic (exact) mass is 502 g/mol. The number of aromatic nitrogens is 6. The van der Waals surface area contributed by atoms with Gasteiger partial charge >= 0.3 is 6.15 Å². The van der Waals surface area contributed by atoms with Crippen molar-refractivity contribution in [2.24, 2.45) is 0 Å². The standard InChI is InChI=1S/C25H30N8O.CO2/c1-18-22(19(2)32(28-18)24-11-10-23-27-26-20(3)33(23)29-24)9-12-25(34)31-15-13-30(14-16-31)17-21-7-5-4-6-8-21;2-1-3/h4-8,10-11H,9,12-17H2,1-3H3;. The summed E-state index contributed by atoms with van der Waals surface area (Å²) in [6.07, 6.45) is 1.41. The van der Waals surface area contributed by atoms with Crippen LogP contribution in [-0.4, -0.2) is 77.6 Å². The van der Waals surface area contributed by atoms with Gasteiger partial charge in [-0.3, -0.25) is 9.69 Å². The highest BCUT2D eigenvalue weighted by atomic mass is 16.2. The third-order valence-electron chi connectivity index (χ3n) is 6.63. The Morgan fingerprint density at radius 2 is 1.62 bits per heavy atom. The van der Waals surface area contributed by atoms with Gasteiger partial charge in [0.15, 0.2) is 17.3 Å². The lowest BCUT2D eigenvalue weighted by Crippen LogP contribution is -2.48. The van der Waals surface area contributed by atoms with Crippen LogP contribution >= 0.6 is 0 Å². The summed E-state index contributed by atoms with van der Waals surface area (Å²) in [5.74, 6) is 1.65. The smallest absolute Gasteiger partial charge is 0.340 e. The molecule has 0 spiro atoms. The second-order valence-corrected chi connectivity index (χ2v) is 9.00. The molecule has 1 fully saturated rings. The van der Waals surface area contributed by atoms with Crippen LogP contribution < -0.4 is 0 Å². The molecule has 1 saturated heterocycles. The quantitative estimate of drug-likeness (QED) is 0.392. The Labute approximate surface area is 214 Å². The molecule has 0 unspecified atom stereocenters. The normalized spacial score (nSPS) is 13.8. The van der Waals surface area contributed by atoms with Crippen LogP contribution in [-0.2, 0) is 27.3 Å². The van der Waals surface area contributed by atoms with Crippen LogP contribution in [0.15, 0.2) is 42.5 Å². The van der Waals surface area contributed by atoms with Crippen LogP contribution in [0.25, 0.3) is 11.5 Å². The summed E-state index contributed by atoms with van der Waals surface area (Å²) in [4.78, 5) is 33.6. The minimum atomic E-state index is 0.213. The van der Waals surface area contributed by atoms with Crippen molar-refractivity contribution in [3.05, 3.63) is 70.8 Å². The van der Waals surface area contributed by atoms with E-state index in [0.717, 1.165) is 55.5 Å². The van der Waals surface area contributed by atoms with Gasteiger partial charge in [0.25, 0.3) is 0 Å². The number of hydrogen-bond donors (Lipinski definition) is 0. The highest BCUT2D eigenvalue weighted by molar-refractivity contribution is 5.76. The van der Waals surface area contributed by atoms with Crippen molar-refractivity contribution >= 4 is 17.7 Å². The van der Waals surface area contributed by atoms with E-state index in [9.17, 15) is 4.79 Å². The maximum absolute atomic E-state index is 12.9. The first-order chi connectivity index (χ1) is 17.9. The Balaban J connectivity index is 0.00000102. The molecule has 0 bridgehead atoms. The van der Waals surface area contributed by atoms with Gasteiger partial charge in [-0.25, -0.2) is 4.68 Å². The molecule has 1 aliphatic rings. The lowest BCUT2D eigenvalue weighted by atomic mass is 10.1. The van der Waals surface area contributed by atoms with Gasteiger partial charge in [0.05, 0.1) is 5.69 Å². The molecule has 192 valence electrons. The van der Waals surface area contributed by atoms with Gasteiger partial charge in [-0.1, -0.05) is 30.3 Å². The van der Waals surface area contributed by atoms with Crippen molar-refractivity contribution in [3.8, 4) is 5.82 Å². The number of aryl methyl sites for hydroxylation is 2. The van der Waals surface area contributed by atoms with E-state index in [2.05, 4.69) is 44.5 Å². The lowest BCUT2D eigenvalue weighted by Gasteiger charge is -2.34. The van der Waals surface area contributed by atoms with Crippen molar-refractivity contribution in [2.45, 2.75) is 40.2 Å². The predicted octanol–water partition coefficient (Wildman–Crippen LogP) is 1.93. The van der Waals surface area contributed by atoms with Gasteiger partial charge in [0.1, 0.15) is 0 Å². The molecule has 11 heteroatoms. The molecule has 0 N–H and O–H groups in total. The minimum absolute atomic E-state index is 0.213. The fourth-order valence-corrected chi connectivity index (χ4v) is 4.65. The van der Waals surface area contributed by atoms with E-state index in [1.165, 1.54) is 5.56 Å². The highest BCUT2D eigenvalue weighted by Gasteiger charge is 2.22. The number of amides is 1. The molecule has 5 rings (SSSR count). The highest BCUT2D eigenvalue weighted by Crippen LogP contribution is 2.20. The Morgan fingerprint density at radius 1 is 0.919 bits per heavy atom. The first kappa shape index (κ1) is 25.9. The van der Waals surface area contributed by atoms with E-state index in [1.807, 2.05) is 48.6 Å². The molecule has 11 nitrogen and oxygen atoms in total. The van der Waals surface area contributed by atoms with E-state index in [4.69, 9.17) is 14.7 Å². The number of hydrogen-bond acceptors (Lipinski definition) is 8.